The summed E-state index contributed by atoms with van der Waals surface area (Å²) in [6.07, 6.45) is 5.15. The number of rotatable bonds is 10. The van der Waals surface area contributed by atoms with Crippen LogP contribution in [0.25, 0.3) is 11.2 Å². The Morgan fingerprint density at radius 3 is 2.71 bits per heavy atom. The van der Waals surface area contributed by atoms with Gasteiger partial charge in [0, 0.05) is 20.3 Å². The molecule has 3 N–H and O–H groups in total. The summed E-state index contributed by atoms with van der Waals surface area (Å²) in [4.78, 5) is 26.2. The van der Waals surface area contributed by atoms with Gasteiger partial charge in [-0.2, -0.15) is 9.97 Å². The number of hydrogen-bond donors (Lipinski definition) is 2. The number of hydrogen-bond acceptors (Lipinski definition) is 7. The molecular weight excluding hydrogens is 360 g/mol. The van der Waals surface area contributed by atoms with Crippen molar-refractivity contribution in [3.63, 3.8) is 0 Å². The number of aromatic amines is 1. The summed E-state index contributed by atoms with van der Waals surface area (Å²) in [5.74, 6) is 0.913. The zero-order valence-electron chi connectivity index (χ0n) is 16.9. The van der Waals surface area contributed by atoms with E-state index in [0.717, 1.165) is 45.5 Å². The van der Waals surface area contributed by atoms with Crippen LogP contribution in [0.2, 0.25) is 0 Å². The zero-order chi connectivity index (χ0) is 19.9. The van der Waals surface area contributed by atoms with Crippen LogP contribution in [-0.4, -0.2) is 64.4 Å². The lowest BCUT2D eigenvalue weighted by atomic mass is 9.98. The van der Waals surface area contributed by atoms with Gasteiger partial charge in [-0.25, -0.2) is 4.79 Å². The van der Waals surface area contributed by atoms with Crippen LogP contribution in [0.1, 0.15) is 39.0 Å². The quantitative estimate of drug-likeness (QED) is 0.591. The van der Waals surface area contributed by atoms with Crippen LogP contribution < -0.4 is 16.2 Å². The lowest BCUT2D eigenvalue weighted by molar-refractivity contribution is 0.0986. The number of ether oxygens (including phenoxy) is 2. The summed E-state index contributed by atoms with van der Waals surface area (Å²) < 4.78 is 12.5. The number of likely N-dealkylation sites (tertiary alicyclic amines) is 1. The van der Waals surface area contributed by atoms with Gasteiger partial charge in [0.2, 0.25) is 0 Å². The summed E-state index contributed by atoms with van der Waals surface area (Å²) >= 11 is 0. The van der Waals surface area contributed by atoms with E-state index < -0.39 is 0 Å². The second-order valence-corrected chi connectivity index (χ2v) is 7.47. The Balaban J connectivity index is 1.61. The molecule has 28 heavy (non-hydrogen) atoms. The Morgan fingerprint density at radius 1 is 1.21 bits per heavy atom. The first-order valence-electron chi connectivity index (χ1n) is 10.2. The number of piperidine rings is 1. The number of imidazole rings is 1. The van der Waals surface area contributed by atoms with Crippen LogP contribution in [-0.2, 0) is 11.3 Å². The second-order valence-electron chi connectivity index (χ2n) is 7.47. The fourth-order valence-electron chi connectivity index (χ4n) is 3.68. The van der Waals surface area contributed by atoms with Crippen LogP contribution in [0.15, 0.2) is 4.79 Å². The van der Waals surface area contributed by atoms with Crippen molar-refractivity contribution >= 4 is 17.0 Å². The third kappa shape index (κ3) is 5.02. The smallest absolute Gasteiger partial charge is 0.327 e. The maximum absolute atomic E-state index is 12.4. The molecular formula is C19H32N6O3. The van der Waals surface area contributed by atoms with Gasteiger partial charge < -0.3 is 25.1 Å². The highest BCUT2D eigenvalue weighted by Gasteiger charge is 2.19. The van der Waals surface area contributed by atoms with Crippen molar-refractivity contribution in [1.82, 2.24) is 24.4 Å². The van der Waals surface area contributed by atoms with E-state index in [-0.39, 0.29) is 17.5 Å². The first kappa shape index (κ1) is 20.6. The average Bonchev–Trinajstić information content (AvgIpc) is 3.00. The summed E-state index contributed by atoms with van der Waals surface area (Å²) in [6.45, 7) is 7.19. The number of nitrogens with one attached hydrogen (secondary N) is 1. The molecule has 0 radical (unpaired) electrons. The Bertz CT molecular complexity index is 810. The number of anilines is 1. The van der Waals surface area contributed by atoms with E-state index in [1.165, 1.54) is 12.8 Å². The third-order valence-corrected chi connectivity index (χ3v) is 5.32. The molecule has 2 aromatic heterocycles. The monoisotopic (exact) mass is 392 g/mol. The van der Waals surface area contributed by atoms with Gasteiger partial charge in [-0.15, -0.1) is 0 Å². The Labute approximate surface area is 165 Å². The summed E-state index contributed by atoms with van der Waals surface area (Å²) in [5, 5.41) is 0. The summed E-state index contributed by atoms with van der Waals surface area (Å²) in [5.41, 5.74) is 6.78. The molecule has 9 nitrogen and oxygen atoms in total. The molecule has 0 aliphatic carbocycles. The van der Waals surface area contributed by atoms with Gasteiger partial charge >= 0.3 is 11.7 Å². The molecule has 0 unspecified atom stereocenters. The van der Waals surface area contributed by atoms with Crippen molar-refractivity contribution in [1.29, 1.82) is 0 Å². The van der Waals surface area contributed by atoms with E-state index in [2.05, 4.69) is 26.8 Å². The van der Waals surface area contributed by atoms with Crippen molar-refractivity contribution in [2.45, 2.75) is 45.6 Å². The maximum Gasteiger partial charge on any atom is 0.327 e. The van der Waals surface area contributed by atoms with E-state index in [0.29, 0.717) is 30.2 Å². The normalized spacial score (nSPS) is 16.1. The third-order valence-electron chi connectivity index (χ3n) is 5.32. The molecule has 0 bridgehead atoms. The molecule has 1 saturated heterocycles. The number of unbranched alkanes of at least 4 members (excludes halogenated alkanes) is 1. The highest BCUT2D eigenvalue weighted by molar-refractivity contribution is 5.81. The van der Waals surface area contributed by atoms with Crippen LogP contribution in [0.4, 0.5) is 5.82 Å². The number of fused-ring (bicyclic) bond motifs is 1. The van der Waals surface area contributed by atoms with Gasteiger partial charge in [0.1, 0.15) is 5.52 Å². The van der Waals surface area contributed by atoms with Crippen molar-refractivity contribution < 1.29 is 9.47 Å². The van der Waals surface area contributed by atoms with Gasteiger partial charge in [0.25, 0.3) is 0 Å². The molecule has 3 rings (SSSR count). The minimum Gasteiger partial charge on any atom is -0.463 e. The first-order valence-corrected chi connectivity index (χ1v) is 10.2. The van der Waals surface area contributed by atoms with Crippen molar-refractivity contribution in [3.8, 4) is 6.01 Å². The second kappa shape index (κ2) is 9.88. The summed E-state index contributed by atoms with van der Waals surface area (Å²) in [7, 11) is 1.77. The average molecular weight is 393 g/mol. The standard InChI is InChI=1S/C19H32N6O3/c1-3-4-12-28-18-22-16(20)15-17(23-18)25(19(26)21-15)9-5-8-24-10-6-14(7-11-24)13-27-2/h14H,3-13H2,1-2H3,(H,21,26)(H2,20,22,23). The molecule has 1 fully saturated rings. The molecule has 1 aliphatic heterocycles. The first-order chi connectivity index (χ1) is 13.6. The molecule has 2 aromatic rings. The Morgan fingerprint density at radius 2 is 2.00 bits per heavy atom. The van der Waals surface area contributed by atoms with Gasteiger partial charge in [0.05, 0.1) is 6.61 Å². The highest BCUT2D eigenvalue weighted by Crippen LogP contribution is 2.19. The number of methoxy groups -OCH3 is 1. The van der Waals surface area contributed by atoms with Crippen LogP contribution >= 0.6 is 0 Å². The molecule has 156 valence electrons. The number of nitrogen functional groups attached to an aromatic ring is 1. The molecule has 0 aromatic carbocycles. The number of H-pyrrole nitrogens is 1. The van der Waals surface area contributed by atoms with Crippen molar-refractivity contribution in [2.24, 2.45) is 5.92 Å². The maximum atomic E-state index is 12.4. The largest absolute Gasteiger partial charge is 0.463 e. The topological polar surface area (TPSA) is 111 Å². The van der Waals surface area contributed by atoms with Gasteiger partial charge in [-0.1, -0.05) is 13.3 Å². The molecule has 1 aliphatic rings. The van der Waals surface area contributed by atoms with E-state index in [9.17, 15) is 4.79 Å². The van der Waals surface area contributed by atoms with Gasteiger partial charge in [-0.3, -0.25) is 4.57 Å². The van der Waals surface area contributed by atoms with Crippen molar-refractivity contribution in [2.75, 3.05) is 45.7 Å². The van der Waals surface area contributed by atoms with E-state index in [1.54, 1.807) is 11.7 Å². The van der Waals surface area contributed by atoms with E-state index in [1.807, 2.05) is 0 Å². The van der Waals surface area contributed by atoms with Gasteiger partial charge in [-0.05, 0) is 51.2 Å². The molecule has 0 atom stereocenters. The molecule has 3 heterocycles. The predicted molar refractivity (Wildman–Crippen MR) is 109 cm³/mol. The van der Waals surface area contributed by atoms with E-state index >= 15 is 0 Å². The molecule has 0 amide bonds. The molecule has 9 heteroatoms. The summed E-state index contributed by atoms with van der Waals surface area (Å²) in [6, 6.07) is 0.228. The minimum absolute atomic E-state index is 0.208. The number of nitrogens with zero attached hydrogens (tertiary/aromatic N) is 4. The molecule has 0 spiro atoms. The lowest BCUT2D eigenvalue weighted by Gasteiger charge is -2.31. The fourth-order valence-corrected chi connectivity index (χ4v) is 3.68. The fraction of sp³-hybridized carbons (Fsp3) is 0.737. The Hall–Kier alpha value is -2.13. The van der Waals surface area contributed by atoms with Crippen LogP contribution in [0, 0.1) is 5.92 Å². The highest BCUT2D eigenvalue weighted by atomic mass is 16.5. The SMILES string of the molecule is CCCCOc1nc(N)c2[nH]c(=O)n(CCCN3CCC(COC)CC3)c2n1. The van der Waals surface area contributed by atoms with Crippen LogP contribution in [0.5, 0.6) is 6.01 Å². The number of aromatic nitrogens is 4. The zero-order valence-corrected chi connectivity index (χ0v) is 16.9. The van der Waals surface area contributed by atoms with Crippen LogP contribution in [0.3, 0.4) is 0 Å². The minimum atomic E-state index is -0.208. The lowest BCUT2D eigenvalue weighted by Crippen LogP contribution is -2.36. The number of nitrogens with two attached hydrogens (primary N) is 1. The predicted octanol–water partition coefficient (Wildman–Crippen LogP) is 1.63. The number of aryl methyl sites for hydroxylation is 1. The van der Waals surface area contributed by atoms with E-state index in [4.69, 9.17) is 15.2 Å². The van der Waals surface area contributed by atoms with Crippen molar-refractivity contribution in [3.05, 3.63) is 10.5 Å². The molecule has 0 saturated carbocycles. The Kier molecular flexibility index (Phi) is 7.27. The van der Waals surface area contributed by atoms with Gasteiger partial charge in [0.15, 0.2) is 11.5 Å².